The first-order chi connectivity index (χ1) is 20.2. The van der Waals surface area contributed by atoms with Crippen LogP contribution in [-0.4, -0.2) is 41.8 Å². The van der Waals surface area contributed by atoms with Crippen molar-refractivity contribution >= 4 is 58.0 Å². The lowest BCUT2D eigenvalue weighted by molar-refractivity contribution is 0.0966. The molecular formula is C33H31Cl2N3O4S. The fourth-order valence-electron chi connectivity index (χ4n) is 5.47. The van der Waals surface area contributed by atoms with Crippen molar-refractivity contribution in [3.05, 3.63) is 102 Å². The minimum atomic E-state index is -0.128. The van der Waals surface area contributed by atoms with Crippen molar-refractivity contribution in [1.82, 2.24) is 9.88 Å². The van der Waals surface area contributed by atoms with E-state index in [1.165, 1.54) is 0 Å². The molecule has 7 rings (SSSR count). The monoisotopic (exact) mass is 635 g/mol. The average molecular weight is 637 g/mol. The summed E-state index contributed by atoms with van der Waals surface area (Å²) in [5.41, 5.74) is 7.50. The van der Waals surface area contributed by atoms with Gasteiger partial charge in [-0.1, -0.05) is 36.4 Å². The van der Waals surface area contributed by atoms with Gasteiger partial charge in [0.25, 0.3) is 5.91 Å². The molecular weight excluding hydrogens is 605 g/mol. The Kier molecular flexibility index (Phi) is 9.72. The van der Waals surface area contributed by atoms with E-state index in [0.29, 0.717) is 5.56 Å². The number of amides is 1. The highest BCUT2D eigenvalue weighted by Gasteiger charge is 2.23. The summed E-state index contributed by atoms with van der Waals surface area (Å²) in [6.45, 7) is 2.83. The van der Waals surface area contributed by atoms with Gasteiger partial charge >= 0.3 is 0 Å². The summed E-state index contributed by atoms with van der Waals surface area (Å²) in [7, 11) is 0. The third kappa shape index (κ3) is 6.89. The van der Waals surface area contributed by atoms with Crippen molar-refractivity contribution < 1.29 is 19.0 Å². The smallest absolute Gasteiger partial charge is 0.255 e. The first-order valence-corrected chi connectivity index (χ1v) is 14.7. The molecule has 0 spiro atoms. The number of benzene rings is 4. The van der Waals surface area contributed by atoms with Gasteiger partial charge < -0.3 is 19.5 Å². The van der Waals surface area contributed by atoms with Crippen LogP contribution in [0.4, 0.5) is 5.69 Å². The fourth-order valence-corrected chi connectivity index (χ4v) is 6.13. The molecule has 0 atom stereocenters. The van der Waals surface area contributed by atoms with Crippen LogP contribution in [0.3, 0.4) is 0 Å². The molecule has 0 radical (unpaired) electrons. The van der Waals surface area contributed by atoms with Crippen LogP contribution in [0, 0.1) is 0 Å². The highest BCUT2D eigenvalue weighted by atomic mass is 35.5. The van der Waals surface area contributed by atoms with E-state index < -0.39 is 0 Å². The van der Waals surface area contributed by atoms with Crippen LogP contribution in [0.1, 0.15) is 28.8 Å². The van der Waals surface area contributed by atoms with E-state index in [2.05, 4.69) is 33.4 Å². The first kappa shape index (κ1) is 30.6. The highest BCUT2D eigenvalue weighted by Crippen LogP contribution is 2.36. The zero-order chi connectivity index (χ0) is 27.6. The molecule has 0 aliphatic carbocycles. The van der Waals surface area contributed by atoms with E-state index in [0.717, 1.165) is 82.3 Å². The number of carbonyl (C=O) groups excluding carboxylic acids is 1. The Hall–Kier alpha value is -3.82. The zero-order valence-corrected chi connectivity index (χ0v) is 25.7. The van der Waals surface area contributed by atoms with E-state index in [-0.39, 0.29) is 43.6 Å². The number of carbonyl (C=O) groups is 1. The molecule has 43 heavy (non-hydrogen) atoms. The number of thiazole rings is 1. The van der Waals surface area contributed by atoms with Crippen molar-refractivity contribution in [3.63, 3.8) is 0 Å². The molecule has 1 amide bonds. The predicted molar refractivity (Wildman–Crippen MR) is 175 cm³/mol. The minimum absolute atomic E-state index is 0. The maximum atomic E-state index is 13.3. The summed E-state index contributed by atoms with van der Waals surface area (Å²) in [4.78, 5) is 20.1. The van der Waals surface area contributed by atoms with Gasteiger partial charge in [-0.3, -0.25) is 9.69 Å². The Labute approximate surface area is 266 Å². The molecule has 1 aromatic heterocycles. The maximum Gasteiger partial charge on any atom is 0.255 e. The third-order valence-electron chi connectivity index (χ3n) is 7.62. The Balaban J connectivity index is 0.00000184. The molecule has 2 aliphatic heterocycles. The number of piperidine rings is 1. The molecule has 4 aromatic carbocycles. The van der Waals surface area contributed by atoms with Crippen LogP contribution in [0.25, 0.3) is 21.3 Å². The number of halogens is 2. The van der Waals surface area contributed by atoms with Gasteiger partial charge in [0.05, 0.1) is 15.7 Å². The molecule has 0 unspecified atom stereocenters. The Morgan fingerprint density at radius 2 is 1.74 bits per heavy atom. The molecule has 1 fully saturated rings. The number of ether oxygens (including phenoxy) is 3. The lowest BCUT2D eigenvalue weighted by Gasteiger charge is -2.32. The van der Waals surface area contributed by atoms with Crippen LogP contribution >= 0.6 is 36.2 Å². The van der Waals surface area contributed by atoms with Gasteiger partial charge in [-0.25, -0.2) is 4.98 Å². The SMILES string of the molecule is Cl.Cl.O=C(Nc1ccc2scnc2c1)c1ccc(-c2ccccc2)c(CN2CCC(Oc3ccc4c(c3)OCO4)CC2)c1. The number of hydrogen-bond donors (Lipinski definition) is 1. The molecule has 10 heteroatoms. The molecule has 3 heterocycles. The molecule has 5 aromatic rings. The van der Waals surface area contributed by atoms with Gasteiger partial charge in [-0.05, 0) is 72.0 Å². The Morgan fingerprint density at radius 3 is 2.58 bits per heavy atom. The van der Waals surface area contributed by atoms with E-state index in [4.69, 9.17) is 14.2 Å². The minimum Gasteiger partial charge on any atom is -0.490 e. The van der Waals surface area contributed by atoms with Crippen molar-refractivity contribution in [3.8, 4) is 28.4 Å². The van der Waals surface area contributed by atoms with Gasteiger partial charge in [0.2, 0.25) is 6.79 Å². The predicted octanol–water partition coefficient (Wildman–Crippen LogP) is 7.83. The Morgan fingerprint density at radius 1 is 0.930 bits per heavy atom. The lowest BCUT2D eigenvalue weighted by Crippen LogP contribution is -2.38. The molecule has 1 saturated heterocycles. The molecule has 7 nitrogen and oxygen atoms in total. The summed E-state index contributed by atoms with van der Waals surface area (Å²) in [5, 5.41) is 3.05. The number of nitrogens with one attached hydrogen (secondary N) is 1. The van der Waals surface area contributed by atoms with E-state index >= 15 is 0 Å². The van der Waals surface area contributed by atoms with E-state index in [1.54, 1.807) is 11.3 Å². The van der Waals surface area contributed by atoms with Gasteiger partial charge in [0.15, 0.2) is 11.5 Å². The number of nitrogens with zero attached hydrogens (tertiary/aromatic N) is 2. The second kappa shape index (κ2) is 13.7. The quantitative estimate of drug-likeness (QED) is 0.196. The molecule has 1 N–H and O–H groups in total. The first-order valence-electron chi connectivity index (χ1n) is 13.8. The van der Waals surface area contributed by atoms with Crippen molar-refractivity contribution in [2.45, 2.75) is 25.5 Å². The van der Waals surface area contributed by atoms with Crippen LogP contribution < -0.4 is 19.5 Å². The number of hydrogen-bond acceptors (Lipinski definition) is 7. The largest absolute Gasteiger partial charge is 0.490 e. The lowest BCUT2D eigenvalue weighted by atomic mass is 9.96. The van der Waals surface area contributed by atoms with Crippen LogP contribution in [0.5, 0.6) is 17.2 Å². The van der Waals surface area contributed by atoms with Gasteiger partial charge in [-0.15, -0.1) is 36.2 Å². The number of aromatic nitrogens is 1. The van der Waals surface area contributed by atoms with Gasteiger partial charge in [-0.2, -0.15) is 0 Å². The summed E-state index contributed by atoms with van der Waals surface area (Å²) < 4.78 is 18.3. The number of rotatable bonds is 7. The number of anilines is 1. The van der Waals surface area contributed by atoms with Gasteiger partial charge in [0.1, 0.15) is 11.9 Å². The van der Waals surface area contributed by atoms with Crippen LogP contribution in [-0.2, 0) is 6.54 Å². The summed E-state index contributed by atoms with van der Waals surface area (Å²) in [6.07, 6.45) is 2.00. The topological polar surface area (TPSA) is 72.9 Å². The average Bonchev–Trinajstić information content (AvgIpc) is 3.68. The maximum absolute atomic E-state index is 13.3. The summed E-state index contributed by atoms with van der Waals surface area (Å²) >= 11 is 1.59. The van der Waals surface area contributed by atoms with Crippen LogP contribution in [0.2, 0.25) is 0 Å². The Bertz CT molecular complexity index is 1710. The summed E-state index contributed by atoms with van der Waals surface area (Å²) in [6, 6.07) is 28.0. The molecule has 222 valence electrons. The number of fused-ring (bicyclic) bond motifs is 2. The summed E-state index contributed by atoms with van der Waals surface area (Å²) in [5.74, 6) is 2.18. The highest BCUT2D eigenvalue weighted by molar-refractivity contribution is 7.16. The van der Waals surface area contributed by atoms with Crippen LogP contribution in [0.15, 0.2) is 90.4 Å². The van der Waals surface area contributed by atoms with E-state index in [9.17, 15) is 4.79 Å². The third-order valence-corrected chi connectivity index (χ3v) is 8.43. The van der Waals surface area contributed by atoms with Crippen molar-refractivity contribution in [1.29, 1.82) is 0 Å². The number of likely N-dealkylation sites (tertiary alicyclic amines) is 1. The van der Waals surface area contributed by atoms with E-state index in [1.807, 2.05) is 72.2 Å². The second-order valence-electron chi connectivity index (χ2n) is 10.3. The second-order valence-corrected chi connectivity index (χ2v) is 11.2. The molecule has 0 bridgehead atoms. The fraction of sp³-hybridized carbons (Fsp3) is 0.212. The normalized spacial score (nSPS) is 14.5. The van der Waals surface area contributed by atoms with Gasteiger partial charge in [0, 0.05) is 37.0 Å². The van der Waals surface area contributed by atoms with Crippen molar-refractivity contribution in [2.75, 3.05) is 25.2 Å². The molecule has 0 saturated carbocycles. The standard InChI is InChI=1S/C33H29N3O4S.2ClH/c37-33(35-25-7-11-32-29(17-25)34-20-41-32)23-6-9-28(22-4-2-1-3-5-22)24(16-23)19-36-14-12-26(13-15-36)40-27-8-10-30-31(18-27)39-21-38-30;;/h1-11,16-18,20,26H,12-15,19,21H2,(H,35,37);2*1H. The zero-order valence-electron chi connectivity index (χ0n) is 23.2. The molecule has 2 aliphatic rings. The van der Waals surface area contributed by atoms with Crippen molar-refractivity contribution in [2.24, 2.45) is 0 Å².